The highest BCUT2D eigenvalue weighted by molar-refractivity contribution is 6.01. The molecule has 0 spiro atoms. The molecule has 7 nitrogen and oxygen atoms in total. The van der Waals surface area contributed by atoms with E-state index in [1.165, 1.54) is 33.8 Å². The number of benzene rings is 3. The molecule has 3 aromatic carbocycles. The minimum absolute atomic E-state index is 0.138. The predicted octanol–water partition coefficient (Wildman–Crippen LogP) is 4.51. The van der Waals surface area contributed by atoms with Crippen molar-refractivity contribution in [3.63, 3.8) is 0 Å². The lowest BCUT2D eigenvalue weighted by Gasteiger charge is -2.31. The maximum Gasteiger partial charge on any atom is 0.249 e. The van der Waals surface area contributed by atoms with Crippen LogP contribution in [0.2, 0.25) is 0 Å². The summed E-state index contributed by atoms with van der Waals surface area (Å²) in [5, 5.41) is 11.2. The Labute approximate surface area is 203 Å². The third kappa shape index (κ3) is 5.71. The van der Waals surface area contributed by atoms with Crippen molar-refractivity contribution >= 4 is 28.5 Å². The van der Waals surface area contributed by atoms with E-state index >= 15 is 0 Å². The van der Waals surface area contributed by atoms with Gasteiger partial charge in [-0.15, -0.1) is 5.10 Å². The zero-order valence-corrected chi connectivity index (χ0v) is 19.8. The van der Waals surface area contributed by atoms with Crippen LogP contribution in [0.15, 0.2) is 78.9 Å². The molecule has 35 heavy (non-hydrogen) atoms. The van der Waals surface area contributed by atoms with Crippen LogP contribution in [0.5, 0.6) is 0 Å². The highest BCUT2D eigenvalue weighted by Crippen LogP contribution is 2.29. The summed E-state index contributed by atoms with van der Waals surface area (Å²) >= 11 is 0. The summed E-state index contributed by atoms with van der Waals surface area (Å²) in [6.45, 7) is 4.51. The van der Waals surface area contributed by atoms with Gasteiger partial charge in [-0.1, -0.05) is 61.5 Å². The molecule has 0 unspecified atom stereocenters. The molecule has 180 valence electrons. The lowest BCUT2D eigenvalue weighted by atomic mass is 10.0. The third-order valence-electron chi connectivity index (χ3n) is 5.72. The van der Waals surface area contributed by atoms with Crippen LogP contribution < -0.4 is 10.2 Å². The van der Waals surface area contributed by atoms with Crippen molar-refractivity contribution in [1.29, 1.82) is 0 Å². The highest BCUT2D eigenvalue weighted by Gasteiger charge is 2.33. The van der Waals surface area contributed by atoms with Crippen molar-refractivity contribution in [1.82, 2.24) is 20.3 Å². The van der Waals surface area contributed by atoms with Crippen LogP contribution in [0.25, 0.3) is 11.0 Å². The van der Waals surface area contributed by atoms with Gasteiger partial charge in [0.25, 0.3) is 0 Å². The van der Waals surface area contributed by atoms with Gasteiger partial charge in [-0.2, -0.15) is 0 Å². The van der Waals surface area contributed by atoms with Crippen molar-refractivity contribution in [2.24, 2.45) is 5.92 Å². The molecular weight excluding hydrogens is 445 g/mol. The van der Waals surface area contributed by atoms with E-state index in [4.69, 9.17) is 0 Å². The Hall–Kier alpha value is -4.07. The summed E-state index contributed by atoms with van der Waals surface area (Å²) in [4.78, 5) is 28.7. The van der Waals surface area contributed by atoms with Crippen molar-refractivity contribution < 1.29 is 14.0 Å². The van der Waals surface area contributed by atoms with E-state index in [1.807, 2.05) is 42.5 Å². The number of fused-ring (bicyclic) bond motifs is 1. The monoisotopic (exact) mass is 473 g/mol. The molecule has 0 saturated heterocycles. The second-order valence-electron chi connectivity index (χ2n) is 8.76. The highest BCUT2D eigenvalue weighted by atomic mass is 19.1. The molecular formula is C27H28FN5O2. The molecule has 4 rings (SSSR count). The van der Waals surface area contributed by atoms with Crippen LogP contribution in [-0.2, 0) is 16.1 Å². The third-order valence-corrected chi connectivity index (χ3v) is 5.72. The summed E-state index contributed by atoms with van der Waals surface area (Å²) in [5.41, 5.74) is 2.43. The first kappa shape index (κ1) is 24.1. The fraction of sp³-hybridized carbons (Fsp3) is 0.259. The van der Waals surface area contributed by atoms with Gasteiger partial charge >= 0.3 is 0 Å². The number of halogens is 1. The van der Waals surface area contributed by atoms with Crippen LogP contribution in [0.1, 0.15) is 31.9 Å². The first-order valence-electron chi connectivity index (χ1n) is 11.6. The molecule has 1 N–H and O–H groups in total. The van der Waals surface area contributed by atoms with Crippen molar-refractivity contribution in [3.05, 3.63) is 90.2 Å². The van der Waals surface area contributed by atoms with Gasteiger partial charge in [-0.05, 0) is 54.3 Å². The van der Waals surface area contributed by atoms with Crippen molar-refractivity contribution in [3.8, 4) is 0 Å². The number of aromatic nitrogens is 3. The van der Waals surface area contributed by atoms with Gasteiger partial charge in [0, 0.05) is 12.2 Å². The Morgan fingerprint density at radius 1 is 0.971 bits per heavy atom. The molecule has 1 atom stereocenters. The second-order valence-corrected chi connectivity index (χ2v) is 8.76. The Balaban J connectivity index is 1.73. The number of nitrogens with zero attached hydrogens (tertiary/aromatic N) is 4. The van der Waals surface area contributed by atoms with Gasteiger partial charge in [-0.3, -0.25) is 14.5 Å². The number of rotatable bonds is 9. The van der Waals surface area contributed by atoms with Gasteiger partial charge < -0.3 is 5.32 Å². The SMILES string of the molecule is CC(C)CCNC(=O)[C@@H](c1ccccc1)N(C(=O)Cn1nnc2ccccc21)c1ccc(F)cc1. The molecule has 0 aliphatic carbocycles. The number of carbonyl (C=O) groups excluding carboxylic acids is 2. The van der Waals surface area contributed by atoms with E-state index in [-0.39, 0.29) is 18.4 Å². The van der Waals surface area contributed by atoms with Gasteiger partial charge in [0.1, 0.15) is 23.9 Å². The maximum absolute atomic E-state index is 13.8. The normalized spacial score (nSPS) is 12.0. The fourth-order valence-corrected chi connectivity index (χ4v) is 3.91. The summed E-state index contributed by atoms with van der Waals surface area (Å²) in [7, 11) is 0. The Morgan fingerprint density at radius 3 is 2.37 bits per heavy atom. The fourth-order valence-electron chi connectivity index (χ4n) is 3.91. The number of carbonyl (C=O) groups is 2. The Bertz CT molecular complexity index is 1290. The molecule has 0 radical (unpaired) electrons. The molecule has 2 amide bonds. The lowest BCUT2D eigenvalue weighted by Crippen LogP contribution is -2.45. The predicted molar refractivity (Wildman–Crippen MR) is 133 cm³/mol. The topological polar surface area (TPSA) is 80.1 Å². The van der Waals surface area contributed by atoms with Crippen LogP contribution in [0.3, 0.4) is 0 Å². The van der Waals surface area contributed by atoms with E-state index in [0.717, 1.165) is 6.42 Å². The van der Waals surface area contributed by atoms with Gasteiger partial charge in [0.15, 0.2) is 0 Å². The van der Waals surface area contributed by atoms with E-state index in [9.17, 15) is 14.0 Å². The maximum atomic E-state index is 13.8. The molecule has 0 fully saturated rings. The van der Waals surface area contributed by atoms with Gasteiger partial charge in [-0.25, -0.2) is 9.07 Å². The first-order valence-corrected chi connectivity index (χ1v) is 11.6. The molecule has 0 bridgehead atoms. The van der Waals surface area contributed by atoms with Crippen LogP contribution >= 0.6 is 0 Å². The molecule has 0 aliphatic heterocycles. The van der Waals surface area contributed by atoms with Crippen LogP contribution in [0.4, 0.5) is 10.1 Å². The van der Waals surface area contributed by atoms with E-state index < -0.39 is 11.9 Å². The second kappa shape index (κ2) is 10.9. The smallest absolute Gasteiger partial charge is 0.249 e. The van der Waals surface area contributed by atoms with Gasteiger partial charge in [0.2, 0.25) is 11.8 Å². The molecule has 1 heterocycles. The Kier molecular flexibility index (Phi) is 7.50. The van der Waals surface area contributed by atoms with Crippen molar-refractivity contribution in [2.45, 2.75) is 32.9 Å². The minimum Gasteiger partial charge on any atom is -0.354 e. The number of hydrogen-bond acceptors (Lipinski definition) is 4. The van der Waals surface area contributed by atoms with Gasteiger partial charge in [0.05, 0.1) is 5.52 Å². The Morgan fingerprint density at radius 2 is 1.66 bits per heavy atom. The zero-order valence-electron chi connectivity index (χ0n) is 19.8. The molecule has 0 aliphatic rings. The standard InChI is InChI=1S/C27H28FN5O2/c1-19(2)16-17-29-27(35)26(20-8-4-3-5-9-20)33(22-14-12-21(28)13-15-22)25(34)18-32-24-11-7-6-10-23(24)30-31-32/h3-15,19,26H,16-18H2,1-2H3,(H,29,35)/t26-/m1/s1. The lowest BCUT2D eigenvalue weighted by molar-refractivity contribution is -0.127. The molecule has 4 aromatic rings. The van der Waals surface area contributed by atoms with Crippen molar-refractivity contribution in [2.75, 3.05) is 11.4 Å². The van der Waals surface area contributed by atoms with E-state index in [1.54, 1.807) is 12.1 Å². The number of amides is 2. The summed E-state index contributed by atoms with van der Waals surface area (Å²) in [6.07, 6.45) is 0.808. The average Bonchev–Trinajstić information content (AvgIpc) is 3.26. The number of hydrogen-bond donors (Lipinski definition) is 1. The minimum atomic E-state index is -0.948. The summed E-state index contributed by atoms with van der Waals surface area (Å²) in [5.74, 6) is -0.694. The largest absolute Gasteiger partial charge is 0.354 e. The average molecular weight is 474 g/mol. The number of anilines is 1. The van der Waals surface area contributed by atoms with E-state index in [0.29, 0.717) is 34.7 Å². The zero-order chi connectivity index (χ0) is 24.8. The molecule has 8 heteroatoms. The van der Waals surface area contributed by atoms with Crippen LogP contribution in [0, 0.1) is 11.7 Å². The molecule has 1 aromatic heterocycles. The number of nitrogens with one attached hydrogen (secondary N) is 1. The quantitative estimate of drug-likeness (QED) is 0.388. The summed E-state index contributed by atoms with van der Waals surface area (Å²) in [6, 6.07) is 21.1. The van der Waals surface area contributed by atoms with E-state index in [2.05, 4.69) is 29.5 Å². The summed E-state index contributed by atoms with van der Waals surface area (Å²) < 4.78 is 15.3. The number of para-hydroxylation sites is 1. The first-order chi connectivity index (χ1) is 16.9. The van der Waals surface area contributed by atoms with Crippen LogP contribution in [-0.4, -0.2) is 33.4 Å². The molecule has 0 saturated carbocycles.